The van der Waals surface area contributed by atoms with Gasteiger partial charge in [-0.3, -0.25) is 0 Å². The Bertz CT molecular complexity index is 1110. The molecule has 1 aliphatic heterocycles. The summed E-state index contributed by atoms with van der Waals surface area (Å²) in [6.07, 6.45) is 0. The predicted molar refractivity (Wildman–Crippen MR) is 100 cm³/mol. The van der Waals surface area contributed by atoms with Crippen LogP contribution in [0.3, 0.4) is 0 Å². The number of rotatable bonds is 1. The number of aromatic hydroxyl groups is 2. The summed E-state index contributed by atoms with van der Waals surface area (Å²) < 4.78 is 6.12. The van der Waals surface area contributed by atoms with E-state index >= 15 is 0 Å². The molecule has 3 aromatic carbocycles. The molecule has 0 amide bonds. The Labute approximate surface area is 148 Å². The highest BCUT2D eigenvalue weighted by Crippen LogP contribution is 2.49. The Morgan fingerprint density at radius 2 is 1.72 bits per heavy atom. The molecule has 0 spiro atoms. The van der Waals surface area contributed by atoms with Gasteiger partial charge in [-0.15, -0.1) is 11.3 Å². The molecule has 1 aromatic heterocycles. The number of phenols is 2. The van der Waals surface area contributed by atoms with Crippen molar-refractivity contribution in [2.45, 2.75) is 6.61 Å². The molecule has 0 unspecified atom stereocenters. The van der Waals surface area contributed by atoms with E-state index in [1.165, 1.54) is 0 Å². The third-order valence-corrected chi connectivity index (χ3v) is 5.48. The molecular formula is C21H14O3S. The maximum atomic E-state index is 9.98. The second kappa shape index (κ2) is 5.26. The summed E-state index contributed by atoms with van der Waals surface area (Å²) in [5.41, 5.74) is 4.08. The summed E-state index contributed by atoms with van der Waals surface area (Å²) >= 11 is 1.65. The zero-order valence-electron chi connectivity index (χ0n) is 13.2. The first-order chi connectivity index (χ1) is 12.2. The number of ether oxygens (including phenoxy) is 1. The predicted octanol–water partition coefficient (Wildman–Crippen LogP) is 5.54. The molecule has 0 bridgehead atoms. The van der Waals surface area contributed by atoms with Crippen LogP contribution in [0.4, 0.5) is 0 Å². The lowest BCUT2D eigenvalue weighted by Crippen LogP contribution is -2.06. The van der Waals surface area contributed by atoms with Gasteiger partial charge in [0, 0.05) is 21.6 Å². The van der Waals surface area contributed by atoms with Crippen LogP contribution in [-0.2, 0) is 6.61 Å². The lowest BCUT2D eigenvalue weighted by Gasteiger charge is -2.24. The summed E-state index contributed by atoms with van der Waals surface area (Å²) in [7, 11) is 0. The third-order valence-electron chi connectivity index (χ3n) is 4.60. The standard InChI is InChI=1S/C21H14O3S/c22-14-5-6-16-13(8-14)11-24-21-18(16)9-12-3-4-15(23)10-17(12)20(21)19-2-1-7-25-19/h1-10,22-23H,11H2. The fourth-order valence-electron chi connectivity index (χ4n) is 3.49. The normalized spacial score (nSPS) is 12.5. The lowest BCUT2D eigenvalue weighted by atomic mass is 9.90. The van der Waals surface area contributed by atoms with Gasteiger partial charge >= 0.3 is 0 Å². The van der Waals surface area contributed by atoms with Gasteiger partial charge in [-0.2, -0.15) is 0 Å². The number of benzene rings is 3. The Morgan fingerprint density at radius 3 is 2.56 bits per heavy atom. The third kappa shape index (κ3) is 2.18. The highest BCUT2D eigenvalue weighted by Gasteiger charge is 2.24. The van der Waals surface area contributed by atoms with Crippen LogP contribution in [0.1, 0.15) is 5.56 Å². The molecule has 0 aliphatic carbocycles. The average molecular weight is 346 g/mol. The van der Waals surface area contributed by atoms with Crippen LogP contribution in [0, 0.1) is 0 Å². The van der Waals surface area contributed by atoms with Gasteiger partial charge in [0.15, 0.2) is 0 Å². The van der Waals surface area contributed by atoms with E-state index in [-0.39, 0.29) is 11.5 Å². The van der Waals surface area contributed by atoms with Crippen molar-refractivity contribution in [3.05, 3.63) is 65.5 Å². The van der Waals surface area contributed by atoms with Gasteiger partial charge in [-0.25, -0.2) is 0 Å². The van der Waals surface area contributed by atoms with Crippen LogP contribution in [0.2, 0.25) is 0 Å². The van der Waals surface area contributed by atoms with Gasteiger partial charge in [0.1, 0.15) is 23.9 Å². The lowest BCUT2D eigenvalue weighted by molar-refractivity contribution is 0.303. The van der Waals surface area contributed by atoms with Crippen molar-refractivity contribution >= 4 is 22.1 Å². The topological polar surface area (TPSA) is 49.7 Å². The van der Waals surface area contributed by atoms with Crippen LogP contribution in [0.5, 0.6) is 17.2 Å². The quantitative estimate of drug-likeness (QED) is 0.476. The van der Waals surface area contributed by atoms with Gasteiger partial charge in [0.25, 0.3) is 0 Å². The zero-order valence-corrected chi connectivity index (χ0v) is 14.0. The van der Waals surface area contributed by atoms with Gasteiger partial charge in [0.05, 0.1) is 0 Å². The maximum absolute atomic E-state index is 9.98. The fourth-order valence-corrected chi connectivity index (χ4v) is 4.27. The van der Waals surface area contributed by atoms with Crippen molar-refractivity contribution in [1.29, 1.82) is 0 Å². The Morgan fingerprint density at radius 1 is 0.880 bits per heavy atom. The molecular weight excluding hydrogens is 332 g/mol. The van der Waals surface area contributed by atoms with Crippen LogP contribution < -0.4 is 4.74 Å². The minimum Gasteiger partial charge on any atom is -0.508 e. The summed E-state index contributed by atoms with van der Waals surface area (Å²) in [4.78, 5) is 1.11. The second-order valence-corrected chi connectivity index (χ2v) is 7.09. The highest BCUT2D eigenvalue weighted by molar-refractivity contribution is 7.13. The Kier molecular flexibility index (Phi) is 3.02. The van der Waals surface area contributed by atoms with E-state index in [4.69, 9.17) is 4.74 Å². The van der Waals surface area contributed by atoms with Crippen LogP contribution in [-0.4, -0.2) is 10.2 Å². The van der Waals surface area contributed by atoms with E-state index in [1.807, 2.05) is 23.6 Å². The summed E-state index contributed by atoms with van der Waals surface area (Å²) in [5, 5.41) is 23.8. The largest absolute Gasteiger partial charge is 0.508 e. The molecule has 2 heterocycles. The minimum atomic E-state index is 0.242. The Hall–Kier alpha value is -2.98. The van der Waals surface area contributed by atoms with Gasteiger partial charge in [-0.05, 0) is 58.1 Å². The molecule has 2 N–H and O–H groups in total. The molecule has 122 valence electrons. The monoisotopic (exact) mass is 346 g/mol. The van der Waals surface area contributed by atoms with E-state index in [0.29, 0.717) is 6.61 Å². The van der Waals surface area contributed by atoms with Crippen LogP contribution >= 0.6 is 11.3 Å². The molecule has 4 heteroatoms. The highest BCUT2D eigenvalue weighted by atomic mass is 32.1. The first kappa shape index (κ1) is 14.4. The van der Waals surface area contributed by atoms with Crippen LogP contribution in [0.15, 0.2) is 60.0 Å². The van der Waals surface area contributed by atoms with Crippen molar-refractivity contribution < 1.29 is 14.9 Å². The van der Waals surface area contributed by atoms with Gasteiger partial charge < -0.3 is 14.9 Å². The SMILES string of the molecule is Oc1ccc2c(c1)COc1c-2cc2ccc(O)cc2c1-c1cccs1. The van der Waals surface area contributed by atoms with E-state index in [0.717, 1.165) is 43.7 Å². The molecule has 0 saturated carbocycles. The number of thiophene rings is 1. The summed E-state index contributed by atoms with van der Waals surface area (Å²) in [6, 6.07) is 17.0. The van der Waals surface area contributed by atoms with E-state index in [9.17, 15) is 10.2 Å². The molecule has 3 nitrogen and oxygen atoms in total. The van der Waals surface area contributed by atoms with Crippen molar-refractivity contribution in [3.63, 3.8) is 0 Å². The number of phenolic OH excluding ortho intramolecular Hbond substituents is 2. The first-order valence-electron chi connectivity index (χ1n) is 7.99. The second-order valence-electron chi connectivity index (χ2n) is 6.14. The molecule has 0 saturated heterocycles. The molecule has 5 rings (SSSR count). The molecule has 0 radical (unpaired) electrons. The molecule has 0 atom stereocenters. The van der Waals surface area contributed by atoms with Gasteiger partial charge in [0.2, 0.25) is 0 Å². The fraction of sp³-hybridized carbons (Fsp3) is 0.0476. The smallest absolute Gasteiger partial charge is 0.136 e. The molecule has 1 aliphatic rings. The number of fused-ring (bicyclic) bond motifs is 4. The maximum Gasteiger partial charge on any atom is 0.136 e. The van der Waals surface area contributed by atoms with Crippen molar-refractivity contribution in [1.82, 2.24) is 0 Å². The summed E-state index contributed by atoms with van der Waals surface area (Å²) in [5.74, 6) is 1.32. The van der Waals surface area contributed by atoms with E-state index in [1.54, 1.807) is 35.6 Å². The molecule has 25 heavy (non-hydrogen) atoms. The van der Waals surface area contributed by atoms with Crippen molar-refractivity contribution in [3.8, 4) is 38.8 Å². The number of hydrogen-bond acceptors (Lipinski definition) is 4. The van der Waals surface area contributed by atoms with Crippen molar-refractivity contribution in [2.24, 2.45) is 0 Å². The minimum absolute atomic E-state index is 0.242. The molecule has 4 aromatic rings. The summed E-state index contributed by atoms with van der Waals surface area (Å²) in [6.45, 7) is 0.416. The zero-order chi connectivity index (χ0) is 17.0. The van der Waals surface area contributed by atoms with Crippen LogP contribution in [0.25, 0.3) is 32.3 Å². The molecule has 0 fully saturated rings. The Balaban J connectivity index is 1.91. The number of hydrogen-bond donors (Lipinski definition) is 2. The van der Waals surface area contributed by atoms with Gasteiger partial charge in [-0.1, -0.05) is 18.2 Å². The van der Waals surface area contributed by atoms with Crippen molar-refractivity contribution in [2.75, 3.05) is 0 Å². The van der Waals surface area contributed by atoms with E-state index < -0.39 is 0 Å². The van der Waals surface area contributed by atoms with E-state index in [2.05, 4.69) is 12.1 Å². The first-order valence-corrected chi connectivity index (χ1v) is 8.87. The average Bonchev–Trinajstić information content (AvgIpc) is 3.13.